The molecule has 5 heteroatoms. The zero-order valence-electron chi connectivity index (χ0n) is 10.4. The number of piperazine rings is 1. The second-order valence-corrected chi connectivity index (χ2v) is 4.57. The van der Waals surface area contributed by atoms with Gasteiger partial charge in [-0.25, -0.2) is 4.98 Å². The average molecular weight is 276 g/mol. The molecule has 1 aromatic heterocycles. The Balaban J connectivity index is 0.00000144. The Labute approximate surface area is 114 Å². The van der Waals surface area contributed by atoms with Crippen LogP contribution in [-0.2, 0) is 17.1 Å². The van der Waals surface area contributed by atoms with E-state index < -0.39 is 0 Å². The fraction of sp³-hybridized carbons (Fsp3) is 0.583. The van der Waals surface area contributed by atoms with Gasteiger partial charge in [-0.3, -0.25) is 4.90 Å². The van der Waals surface area contributed by atoms with Crippen LogP contribution < -0.4 is 10.6 Å². The Kier molecular flexibility index (Phi) is 5.25. The maximum absolute atomic E-state index is 5.63. The topological polar surface area (TPSA) is 45.4 Å². The van der Waals surface area contributed by atoms with Crippen LogP contribution in [0.25, 0.3) is 0 Å². The van der Waals surface area contributed by atoms with E-state index >= 15 is 0 Å². The molecule has 4 nitrogen and oxygen atoms in total. The summed E-state index contributed by atoms with van der Waals surface area (Å²) >= 11 is 0. The summed E-state index contributed by atoms with van der Waals surface area (Å²) in [6.45, 7) is 8.83. The largest absolute Gasteiger partial charge is 0.397 e. The van der Waals surface area contributed by atoms with Crippen LogP contribution in [0.4, 0.5) is 11.5 Å². The summed E-state index contributed by atoms with van der Waals surface area (Å²) in [6.07, 6.45) is 1.73. The van der Waals surface area contributed by atoms with Gasteiger partial charge in [0.2, 0.25) is 0 Å². The van der Waals surface area contributed by atoms with Crippen LogP contribution in [0.3, 0.4) is 0 Å². The molecule has 0 aliphatic carbocycles. The minimum atomic E-state index is 0. The second-order valence-electron chi connectivity index (χ2n) is 4.57. The predicted molar refractivity (Wildman–Crippen MR) is 67.6 cm³/mol. The summed E-state index contributed by atoms with van der Waals surface area (Å²) in [5.41, 5.74) is 6.36. The molecule has 0 bridgehead atoms. The molecular formula is C12H20FeN4. The molecule has 0 spiro atoms. The minimum absolute atomic E-state index is 0. The molecule has 1 aromatic rings. The zero-order valence-corrected chi connectivity index (χ0v) is 11.5. The molecule has 0 radical (unpaired) electrons. The molecule has 0 aromatic carbocycles. The van der Waals surface area contributed by atoms with Crippen molar-refractivity contribution in [1.82, 2.24) is 9.88 Å². The van der Waals surface area contributed by atoms with Gasteiger partial charge in [-0.2, -0.15) is 0 Å². The van der Waals surface area contributed by atoms with Crippen LogP contribution in [0.1, 0.15) is 13.8 Å². The molecule has 1 saturated heterocycles. The van der Waals surface area contributed by atoms with Gasteiger partial charge >= 0.3 is 0 Å². The van der Waals surface area contributed by atoms with E-state index in [2.05, 4.69) is 28.6 Å². The average Bonchev–Trinajstić information content (AvgIpc) is 2.30. The van der Waals surface area contributed by atoms with Crippen molar-refractivity contribution in [2.24, 2.45) is 0 Å². The predicted octanol–water partition coefficient (Wildman–Crippen LogP) is 1.19. The van der Waals surface area contributed by atoms with Gasteiger partial charge in [-0.15, -0.1) is 0 Å². The fourth-order valence-electron chi connectivity index (χ4n) is 2.05. The summed E-state index contributed by atoms with van der Waals surface area (Å²) < 4.78 is 0. The van der Waals surface area contributed by atoms with Crippen LogP contribution in [0.15, 0.2) is 18.3 Å². The normalized spacial score (nSPS) is 17.0. The van der Waals surface area contributed by atoms with E-state index in [-0.39, 0.29) is 17.1 Å². The molecule has 17 heavy (non-hydrogen) atoms. The van der Waals surface area contributed by atoms with Crippen molar-refractivity contribution in [3.05, 3.63) is 18.3 Å². The Hall–Kier alpha value is -0.771. The molecule has 96 valence electrons. The number of aromatic nitrogens is 1. The van der Waals surface area contributed by atoms with E-state index in [0.717, 1.165) is 37.7 Å². The Morgan fingerprint density at radius 1 is 1.18 bits per heavy atom. The number of hydrogen-bond donors (Lipinski definition) is 1. The SMILES string of the molecule is CC(C)N1CCN(c2ccc(N)cn2)CC1.[Fe]. The molecule has 0 amide bonds. The summed E-state index contributed by atoms with van der Waals surface area (Å²) in [5, 5.41) is 0. The van der Waals surface area contributed by atoms with Crippen LogP contribution >= 0.6 is 0 Å². The van der Waals surface area contributed by atoms with Gasteiger partial charge in [-0.1, -0.05) is 0 Å². The van der Waals surface area contributed by atoms with Crippen molar-refractivity contribution in [3.63, 3.8) is 0 Å². The van der Waals surface area contributed by atoms with Crippen molar-refractivity contribution in [2.45, 2.75) is 19.9 Å². The number of nitrogens with zero attached hydrogens (tertiary/aromatic N) is 3. The molecule has 1 fully saturated rings. The van der Waals surface area contributed by atoms with E-state index in [4.69, 9.17) is 5.73 Å². The third kappa shape index (κ3) is 3.59. The van der Waals surface area contributed by atoms with Crippen LogP contribution in [0.2, 0.25) is 0 Å². The minimum Gasteiger partial charge on any atom is -0.397 e. The number of hydrogen-bond acceptors (Lipinski definition) is 4. The fourth-order valence-corrected chi connectivity index (χ4v) is 2.05. The van der Waals surface area contributed by atoms with Crippen molar-refractivity contribution in [2.75, 3.05) is 36.8 Å². The first-order valence-electron chi connectivity index (χ1n) is 5.87. The number of pyridine rings is 1. The molecule has 2 N–H and O–H groups in total. The van der Waals surface area contributed by atoms with Crippen molar-refractivity contribution in [1.29, 1.82) is 0 Å². The van der Waals surface area contributed by atoms with E-state index in [9.17, 15) is 0 Å². The van der Waals surface area contributed by atoms with Gasteiger partial charge < -0.3 is 10.6 Å². The van der Waals surface area contributed by atoms with Gasteiger partial charge in [0.05, 0.1) is 11.9 Å². The monoisotopic (exact) mass is 276 g/mol. The molecule has 0 atom stereocenters. The van der Waals surface area contributed by atoms with Gasteiger partial charge in [0.25, 0.3) is 0 Å². The first-order chi connectivity index (χ1) is 7.66. The number of anilines is 2. The van der Waals surface area contributed by atoms with E-state index in [0.29, 0.717) is 6.04 Å². The molecule has 2 heterocycles. The van der Waals surface area contributed by atoms with E-state index in [1.807, 2.05) is 12.1 Å². The van der Waals surface area contributed by atoms with Gasteiger partial charge in [-0.05, 0) is 26.0 Å². The maximum Gasteiger partial charge on any atom is 0.128 e. The smallest absolute Gasteiger partial charge is 0.128 e. The Morgan fingerprint density at radius 3 is 2.29 bits per heavy atom. The summed E-state index contributed by atoms with van der Waals surface area (Å²) in [7, 11) is 0. The third-order valence-electron chi connectivity index (χ3n) is 3.14. The van der Waals surface area contributed by atoms with Crippen LogP contribution in [0, 0.1) is 0 Å². The molecule has 0 unspecified atom stereocenters. The Morgan fingerprint density at radius 2 is 1.82 bits per heavy atom. The zero-order chi connectivity index (χ0) is 11.5. The maximum atomic E-state index is 5.63. The first kappa shape index (κ1) is 14.3. The summed E-state index contributed by atoms with van der Waals surface area (Å²) in [6, 6.07) is 4.55. The quantitative estimate of drug-likeness (QED) is 0.824. The summed E-state index contributed by atoms with van der Waals surface area (Å²) in [5.74, 6) is 1.04. The van der Waals surface area contributed by atoms with Gasteiger partial charge in [0.15, 0.2) is 0 Å². The first-order valence-corrected chi connectivity index (χ1v) is 5.87. The number of nitrogens with two attached hydrogens (primary N) is 1. The van der Waals surface area contributed by atoms with Crippen LogP contribution in [0.5, 0.6) is 0 Å². The van der Waals surface area contributed by atoms with E-state index in [1.54, 1.807) is 6.20 Å². The number of nitrogen functional groups attached to an aromatic ring is 1. The molecule has 0 saturated carbocycles. The summed E-state index contributed by atoms with van der Waals surface area (Å²) in [4.78, 5) is 9.17. The molecule has 2 rings (SSSR count). The molecule has 1 aliphatic heterocycles. The standard InChI is InChI=1S/C12H20N4.Fe/c1-10(2)15-5-7-16(8-6-15)12-4-3-11(13)9-14-12;/h3-4,9-10H,5-8,13H2,1-2H3;. The van der Waals surface area contributed by atoms with E-state index in [1.165, 1.54) is 0 Å². The van der Waals surface area contributed by atoms with Gasteiger partial charge in [0.1, 0.15) is 5.82 Å². The van der Waals surface area contributed by atoms with Crippen LogP contribution in [-0.4, -0.2) is 42.1 Å². The molecule has 1 aliphatic rings. The van der Waals surface area contributed by atoms with Crippen molar-refractivity contribution >= 4 is 11.5 Å². The van der Waals surface area contributed by atoms with Crippen molar-refractivity contribution in [3.8, 4) is 0 Å². The third-order valence-corrected chi connectivity index (χ3v) is 3.14. The molecular weight excluding hydrogens is 256 g/mol. The Bertz CT molecular complexity index is 331. The van der Waals surface area contributed by atoms with Gasteiger partial charge in [0, 0.05) is 49.3 Å². The second kappa shape index (κ2) is 6.24. The van der Waals surface area contributed by atoms with Crippen molar-refractivity contribution < 1.29 is 17.1 Å². The number of rotatable bonds is 2.